The van der Waals surface area contributed by atoms with E-state index in [-0.39, 0.29) is 19.7 Å². The molecule has 0 atom stereocenters. The Kier molecular flexibility index (Phi) is 5.16. The Morgan fingerprint density at radius 1 is 1.11 bits per heavy atom. The molecule has 102 valence electrons. The first-order valence-corrected chi connectivity index (χ1v) is 5.77. The topological polar surface area (TPSA) is 23.5 Å². The van der Waals surface area contributed by atoms with E-state index in [0.717, 1.165) is 16.7 Å². The molecule has 0 unspecified atom stereocenters. The Labute approximate surface area is 105 Å². The second-order valence-corrected chi connectivity index (χ2v) is 4.55. The summed E-state index contributed by atoms with van der Waals surface area (Å²) >= 11 is 0. The molecule has 0 aromatic heterocycles. The third-order valence-electron chi connectivity index (χ3n) is 2.51. The summed E-state index contributed by atoms with van der Waals surface area (Å²) in [5.41, 5.74) is 2.90. The smallest absolute Gasteiger partial charge is 0.395 e. The van der Waals surface area contributed by atoms with Crippen molar-refractivity contribution in [2.24, 2.45) is 0 Å². The molecule has 1 aromatic carbocycles. The van der Waals surface area contributed by atoms with Crippen LogP contribution in [0.15, 0.2) is 18.2 Å². The van der Waals surface area contributed by atoms with Crippen molar-refractivity contribution in [3.05, 3.63) is 34.9 Å². The van der Waals surface area contributed by atoms with Gasteiger partial charge in [-0.05, 0) is 19.4 Å². The summed E-state index contributed by atoms with van der Waals surface area (Å²) < 4.78 is 37.1. The molecule has 0 saturated carbocycles. The van der Waals surface area contributed by atoms with E-state index in [1.165, 1.54) is 4.90 Å². The maximum absolute atomic E-state index is 12.4. The van der Waals surface area contributed by atoms with Crippen molar-refractivity contribution in [1.82, 2.24) is 4.90 Å². The quantitative estimate of drug-likeness (QED) is 0.880. The SMILES string of the molecule is Cc1cc(C)cc(CN(CCO)CC(F)(F)F)c1. The summed E-state index contributed by atoms with van der Waals surface area (Å²) in [7, 11) is 0. The van der Waals surface area contributed by atoms with Crippen LogP contribution < -0.4 is 0 Å². The highest BCUT2D eigenvalue weighted by Crippen LogP contribution is 2.18. The molecule has 0 heterocycles. The van der Waals surface area contributed by atoms with Gasteiger partial charge in [0.25, 0.3) is 0 Å². The van der Waals surface area contributed by atoms with E-state index in [1.54, 1.807) is 0 Å². The van der Waals surface area contributed by atoms with Crippen LogP contribution in [-0.4, -0.2) is 35.9 Å². The number of aliphatic hydroxyl groups excluding tert-OH is 1. The van der Waals surface area contributed by atoms with E-state index >= 15 is 0 Å². The van der Waals surface area contributed by atoms with Gasteiger partial charge in [0, 0.05) is 13.1 Å². The summed E-state index contributed by atoms with van der Waals surface area (Å²) in [4.78, 5) is 1.20. The second-order valence-electron chi connectivity index (χ2n) is 4.55. The van der Waals surface area contributed by atoms with Gasteiger partial charge in [0.1, 0.15) is 0 Å². The van der Waals surface area contributed by atoms with Gasteiger partial charge in [-0.3, -0.25) is 4.90 Å². The van der Waals surface area contributed by atoms with Crippen molar-refractivity contribution in [2.75, 3.05) is 19.7 Å². The molecule has 0 bridgehead atoms. The number of hydrogen-bond acceptors (Lipinski definition) is 2. The van der Waals surface area contributed by atoms with Crippen molar-refractivity contribution in [2.45, 2.75) is 26.6 Å². The maximum Gasteiger partial charge on any atom is 0.401 e. The lowest BCUT2D eigenvalue weighted by Gasteiger charge is -2.23. The van der Waals surface area contributed by atoms with Crippen molar-refractivity contribution in [3.8, 4) is 0 Å². The van der Waals surface area contributed by atoms with Gasteiger partial charge in [0.2, 0.25) is 0 Å². The van der Waals surface area contributed by atoms with Gasteiger partial charge in [-0.2, -0.15) is 13.2 Å². The second kappa shape index (κ2) is 6.20. The maximum atomic E-state index is 12.4. The van der Waals surface area contributed by atoms with Gasteiger partial charge < -0.3 is 5.11 Å². The van der Waals surface area contributed by atoms with Crippen LogP contribution in [0.2, 0.25) is 0 Å². The van der Waals surface area contributed by atoms with E-state index in [1.807, 2.05) is 32.0 Å². The van der Waals surface area contributed by atoms with Crippen LogP contribution in [0.5, 0.6) is 0 Å². The molecule has 0 fully saturated rings. The van der Waals surface area contributed by atoms with Gasteiger partial charge in [-0.1, -0.05) is 29.3 Å². The first kappa shape index (κ1) is 15.0. The minimum atomic E-state index is -4.24. The summed E-state index contributed by atoms with van der Waals surface area (Å²) in [6, 6.07) is 5.71. The summed E-state index contributed by atoms with van der Waals surface area (Å²) in [6.07, 6.45) is -4.24. The van der Waals surface area contributed by atoms with Gasteiger partial charge in [-0.15, -0.1) is 0 Å². The van der Waals surface area contributed by atoms with E-state index in [0.29, 0.717) is 0 Å². The molecule has 2 nitrogen and oxygen atoms in total. The lowest BCUT2D eigenvalue weighted by atomic mass is 10.1. The fourth-order valence-electron chi connectivity index (χ4n) is 2.03. The molecule has 18 heavy (non-hydrogen) atoms. The Morgan fingerprint density at radius 2 is 1.67 bits per heavy atom. The molecule has 0 aliphatic heterocycles. The van der Waals surface area contributed by atoms with E-state index in [9.17, 15) is 13.2 Å². The van der Waals surface area contributed by atoms with Gasteiger partial charge in [0.05, 0.1) is 13.2 Å². The molecule has 0 saturated heterocycles. The molecule has 0 aliphatic carbocycles. The highest BCUT2D eigenvalue weighted by Gasteiger charge is 2.30. The Hall–Kier alpha value is -1.07. The van der Waals surface area contributed by atoms with Crippen LogP contribution in [0.25, 0.3) is 0 Å². The zero-order chi connectivity index (χ0) is 13.8. The monoisotopic (exact) mass is 261 g/mol. The number of nitrogens with zero attached hydrogens (tertiary/aromatic N) is 1. The molecule has 0 aliphatic rings. The molecule has 1 N–H and O–H groups in total. The average Bonchev–Trinajstić information content (AvgIpc) is 2.12. The largest absolute Gasteiger partial charge is 0.401 e. The normalized spacial score (nSPS) is 12.2. The fraction of sp³-hybridized carbons (Fsp3) is 0.538. The van der Waals surface area contributed by atoms with Crippen LogP contribution in [-0.2, 0) is 6.54 Å². The lowest BCUT2D eigenvalue weighted by Crippen LogP contribution is -2.35. The molecule has 1 rings (SSSR count). The van der Waals surface area contributed by atoms with Crippen molar-refractivity contribution in [1.29, 1.82) is 0 Å². The zero-order valence-corrected chi connectivity index (χ0v) is 10.6. The van der Waals surface area contributed by atoms with Crippen molar-refractivity contribution < 1.29 is 18.3 Å². The number of halogens is 3. The van der Waals surface area contributed by atoms with Crippen LogP contribution in [0.1, 0.15) is 16.7 Å². The van der Waals surface area contributed by atoms with E-state index < -0.39 is 12.7 Å². The summed E-state index contributed by atoms with van der Waals surface area (Å²) in [6.45, 7) is 2.77. The summed E-state index contributed by atoms with van der Waals surface area (Å²) in [5.74, 6) is 0. The number of rotatable bonds is 5. The molecule has 0 amide bonds. The summed E-state index contributed by atoms with van der Waals surface area (Å²) in [5, 5.41) is 8.81. The van der Waals surface area contributed by atoms with Gasteiger partial charge in [0.15, 0.2) is 0 Å². The Balaban J connectivity index is 2.76. The standard InChI is InChI=1S/C13H18F3NO/c1-10-5-11(2)7-12(6-10)8-17(3-4-18)9-13(14,15)16/h5-7,18H,3-4,8-9H2,1-2H3. The number of aryl methyl sites for hydroxylation is 2. The predicted molar refractivity (Wildman–Crippen MR) is 64.3 cm³/mol. The van der Waals surface area contributed by atoms with E-state index in [2.05, 4.69) is 0 Å². The molecule has 5 heteroatoms. The number of aliphatic hydroxyl groups is 1. The Morgan fingerprint density at radius 3 is 2.11 bits per heavy atom. The average molecular weight is 261 g/mol. The van der Waals surface area contributed by atoms with Crippen LogP contribution in [0, 0.1) is 13.8 Å². The van der Waals surface area contributed by atoms with Crippen molar-refractivity contribution >= 4 is 0 Å². The molecule has 1 aromatic rings. The third-order valence-corrected chi connectivity index (χ3v) is 2.51. The highest BCUT2D eigenvalue weighted by atomic mass is 19.4. The molecular formula is C13H18F3NO. The zero-order valence-electron chi connectivity index (χ0n) is 10.6. The number of benzene rings is 1. The fourth-order valence-corrected chi connectivity index (χ4v) is 2.03. The number of hydrogen-bond donors (Lipinski definition) is 1. The predicted octanol–water partition coefficient (Wildman–Crippen LogP) is 2.66. The highest BCUT2D eigenvalue weighted by molar-refractivity contribution is 5.28. The van der Waals surface area contributed by atoms with Crippen LogP contribution >= 0.6 is 0 Å². The first-order chi connectivity index (χ1) is 8.30. The van der Waals surface area contributed by atoms with Crippen LogP contribution in [0.4, 0.5) is 13.2 Å². The Bertz CT molecular complexity index is 370. The van der Waals surface area contributed by atoms with Gasteiger partial charge in [-0.25, -0.2) is 0 Å². The molecule has 0 spiro atoms. The van der Waals surface area contributed by atoms with E-state index in [4.69, 9.17) is 5.11 Å². The van der Waals surface area contributed by atoms with Gasteiger partial charge >= 0.3 is 6.18 Å². The van der Waals surface area contributed by atoms with Crippen molar-refractivity contribution in [3.63, 3.8) is 0 Å². The minimum absolute atomic E-state index is 0.0203. The minimum Gasteiger partial charge on any atom is -0.395 e. The first-order valence-electron chi connectivity index (χ1n) is 5.77. The number of alkyl halides is 3. The van der Waals surface area contributed by atoms with Crippen LogP contribution in [0.3, 0.4) is 0 Å². The third kappa shape index (κ3) is 5.51. The lowest BCUT2D eigenvalue weighted by molar-refractivity contribution is -0.147. The molecule has 0 radical (unpaired) electrons. The molecular weight excluding hydrogens is 243 g/mol.